The Balaban J connectivity index is 2.98. The highest BCUT2D eigenvalue weighted by Gasteiger charge is 2.51. The molecular formula is C10H16O4. The van der Waals surface area contributed by atoms with E-state index in [2.05, 4.69) is 0 Å². The normalized spacial score (nSPS) is 28.6. The van der Waals surface area contributed by atoms with Crippen molar-refractivity contribution in [3.8, 4) is 0 Å². The number of carboxylic acid groups (broad SMARTS) is 1. The van der Waals surface area contributed by atoms with Gasteiger partial charge in [-0.25, -0.2) is 0 Å². The van der Waals surface area contributed by atoms with Crippen LogP contribution in [0.25, 0.3) is 0 Å². The summed E-state index contributed by atoms with van der Waals surface area (Å²) in [4.78, 5) is 22.6. The second-order valence-electron chi connectivity index (χ2n) is 3.69. The van der Waals surface area contributed by atoms with E-state index in [0.29, 0.717) is 25.9 Å². The van der Waals surface area contributed by atoms with Gasteiger partial charge in [-0.3, -0.25) is 9.59 Å². The molecule has 0 saturated carbocycles. The van der Waals surface area contributed by atoms with Crippen molar-refractivity contribution in [1.29, 1.82) is 0 Å². The molecule has 1 aliphatic heterocycles. The Morgan fingerprint density at radius 1 is 1.64 bits per heavy atom. The first-order chi connectivity index (χ1) is 6.58. The standard InChI is InChI=1S/C10H16O4/c1-3-7(8(11)12)10(4-2)5-6-14-9(10)13/h7H,3-6H2,1-2H3,(H,11,12). The lowest BCUT2D eigenvalue weighted by Crippen LogP contribution is -2.39. The Labute approximate surface area is 83.2 Å². The second-order valence-corrected chi connectivity index (χ2v) is 3.69. The quantitative estimate of drug-likeness (QED) is 0.697. The maximum atomic E-state index is 11.5. The molecule has 1 rings (SSSR count). The third-order valence-corrected chi connectivity index (χ3v) is 3.19. The first kappa shape index (κ1) is 11.0. The number of carboxylic acids is 1. The number of ether oxygens (including phenoxy) is 1. The van der Waals surface area contributed by atoms with Crippen molar-refractivity contribution in [2.24, 2.45) is 11.3 Å². The van der Waals surface area contributed by atoms with Crippen LogP contribution in [0.2, 0.25) is 0 Å². The van der Waals surface area contributed by atoms with E-state index >= 15 is 0 Å². The molecule has 0 aromatic carbocycles. The van der Waals surface area contributed by atoms with Gasteiger partial charge in [0, 0.05) is 0 Å². The van der Waals surface area contributed by atoms with Crippen molar-refractivity contribution in [3.63, 3.8) is 0 Å². The van der Waals surface area contributed by atoms with Gasteiger partial charge in [0.05, 0.1) is 17.9 Å². The van der Waals surface area contributed by atoms with E-state index in [4.69, 9.17) is 9.84 Å². The van der Waals surface area contributed by atoms with E-state index in [9.17, 15) is 9.59 Å². The molecule has 1 aliphatic rings. The Bertz CT molecular complexity index is 249. The fourth-order valence-electron chi connectivity index (χ4n) is 2.26. The van der Waals surface area contributed by atoms with Gasteiger partial charge in [-0.1, -0.05) is 13.8 Å². The van der Waals surface area contributed by atoms with Crippen LogP contribution in [0.1, 0.15) is 33.1 Å². The lowest BCUT2D eigenvalue weighted by molar-refractivity contribution is -0.159. The van der Waals surface area contributed by atoms with Gasteiger partial charge in [-0.2, -0.15) is 0 Å². The molecular weight excluding hydrogens is 184 g/mol. The van der Waals surface area contributed by atoms with Crippen LogP contribution in [-0.2, 0) is 14.3 Å². The maximum absolute atomic E-state index is 11.5. The number of hydrogen-bond acceptors (Lipinski definition) is 3. The van der Waals surface area contributed by atoms with Crippen molar-refractivity contribution < 1.29 is 19.4 Å². The number of carbonyl (C=O) groups excluding carboxylic acids is 1. The third-order valence-electron chi connectivity index (χ3n) is 3.19. The van der Waals surface area contributed by atoms with Crippen molar-refractivity contribution in [2.45, 2.75) is 33.1 Å². The first-order valence-corrected chi connectivity index (χ1v) is 4.98. The van der Waals surface area contributed by atoms with Crippen molar-refractivity contribution >= 4 is 11.9 Å². The van der Waals surface area contributed by atoms with E-state index in [0.717, 1.165) is 0 Å². The van der Waals surface area contributed by atoms with E-state index < -0.39 is 17.3 Å². The summed E-state index contributed by atoms with van der Waals surface area (Å²) in [6.45, 7) is 4.00. The fourth-order valence-corrected chi connectivity index (χ4v) is 2.26. The number of rotatable bonds is 4. The van der Waals surface area contributed by atoms with Crippen molar-refractivity contribution in [2.75, 3.05) is 6.61 Å². The van der Waals surface area contributed by atoms with Crippen molar-refractivity contribution in [3.05, 3.63) is 0 Å². The van der Waals surface area contributed by atoms with Gasteiger partial charge in [0.2, 0.25) is 0 Å². The molecule has 0 bridgehead atoms. The molecule has 1 heterocycles. The molecule has 14 heavy (non-hydrogen) atoms. The van der Waals surface area contributed by atoms with Gasteiger partial charge >= 0.3 is 11.9 Å². The predicted octanol–water partition coefficient (Wildman–Crippen LogP) is 1.44. The van der Waals surface area contributed by atoms with Crippen LogP contribution in [0.15, 0.2) is 0 Å². The summed E-state index contributed by atoms with van der Waals surface area (Å²) < 4.78 is 4.89. The highest BCUT2D eigenvalue weighted by molar-refractivity contribution is 5.85. The molecule has 2 atom stereocenters. The lowest BCUT2D eigenvalue weighted by atomic mass is 9.71. The molecule has 4 heteroatoms. The topological polar surface area (TPSA) is 63.6 Å². The first-order valence-electron chi connectivity index (χ1n) is 4.98. The third kappa shape index (κ3) is 1.49. The summed E-state index contributed by atoms with van der Waals surface area (Å²) in [6.07, 6.45) is 1.54. The highest BCUT2D eigenvalue weighted by atomic mass is 16.5. The largest absolute Gasteiger partial charge is 0.481 e. The monoisotopic (exact) mass is 200 g/mol. The highest BCUT2D eigenvalue weighted by Crippen LogP contribution is 2.42. The second kappa shape index (κ2) is 3.98. The zero-order chi connectivity index (χ0) is 10.8. The fraction of sp³-hybridized carbons (Fsp3) is 0.800. The number of cyclic esters (lactones) is 1. The minimum absolute atomic E-state index is 0.339. The van der Waals surface area contributed by atoms with E-state index in [1.807, 2.05) is 6.92 Å². The van der Waals surface area contributed by atoms with Crippen LogP contribution in [-0.4, -0.2) is 23.7 Å². The van der Waals surface area contributed by atoms with Crippen LogP contribution >= 0.6 is 0 Å². The maximum Gasteiger partial charge on any atom is 0.313 e. The zero-order valence-corrected chi connectivity index (χ0v) is 8.58. The Morgan fingerprint density at radius 2 is 2.29 bits per heavy atom. The van der Waals surface area contributed by atoms with Crippen LogP contribution in [0, 0.1) is 11.3 Å². The van der Waals surface area contributed by atoms with Crippen LogP contribution in [0.3, 0.4) is 0 Å². The molecule has 0 amide bonds. The van der Waals surface area contributed by atoms with Gasteiger partial charge < -0.3 is 9.84 Å². The molecule has 0 spiro atoms. The summed E-state index contributed by atoms with van der Waals surface area (Å²) in [5.74, 6) is -1.84. The lowest BCUT2D eigenvalue weighted by Gasteiger charge is -2.28. The molecule has 2 unspecified atom stereocenters. The van der Waals surface area contributed by atoms with E-state index in [1.165, 1.54) is 0 Å². The average molecular weight is 200 g/mol. The molecule has 80 valence electrons. The van der Waals surface area contributed by atoms with Crippen LogP contribution in [0.5, 0.6) is 0 Å². The van der Waals surface area contributed by atoms with Gasteiger partial charge in [-0.15, -0.1) is 0 Å². The molecule has 1 fully saturated rings. The number of carbonyl (C=O) groups is 2. The number of esters is 1. The summed E-state index contributed by atoms with van der Waals surface area (Å²) in [7, 11) is 0. The zero-order valence-electron chi connectivity index (χ0n) is 8.58. The van der Waals surface area contributed by atoms with Crippen LogP contribution < -0.4 is 0 Å². The number of hydrogen-bond donors (Lipinski definition) is 1. The molecule has 1 saturated heterocycles. The molecule has 0 aromatic rings. The molecule has 0 aromatic heterocycles. The van der Waals surface area contributed by atoms with Gasteiger partial charge in [0.15, 0.2) is 0 Å². The molecule has 4 nitrogen and oxygen atoms in total. The van der Waals surface area contributed by atoms with Crippen molar-refractivity contribution in [1.82, 2.24) is 0 Å². The minimum Gasteiger partial charge on any atom is -0.481 e. The van der Waals surface area contributed by atoms with E-state index in [-0.39, 0.29) is 5.97 Å². The Hall–Kier alpha value is -1.06. The summed E-state index contributed by atoms with van der Waals surface area (Å²) in [6, 6.07) is 0. The minimum atomic E-state index is -0.895. The van der Waals surface area contributed by atoms with Crippen LogP contribution in [0.4, 0.5) is 0 Å². The summed E-state index contributed by atoms with van der Waals surface area (Å²) in [5.41, 5.74) is -0.777. The Morgan fingerprint density at radius 3 is 2.57 bits per heavy atom. The molecule has 0 radical (unpaired) electrons. The SMILES string of the molecule is CCC(C(=O)O)C1(CC)CCOC1=O. The average Bonchev–Trinajstić information content (AvgIpc) is 2.49. The number of aliphatic carboxylic acids is 1. The van der Waals surface area contributed by atoms with Gasteiger partial charge in [0.25, 0.3) is 0 Å². The Kier molecular flexibility index (Phi) is 3.13. The van der Waals surface area contributed by atoms with Gasteiger partial charge in [-0.05, 0) is 19.3 Å². The van der Waals surface area contributed by atoms with E-state index in [1.54, 1.807) is 6.92 Å². The summed E-state index contributed by atoms with van der Waals surface area (Å²) >= 11 is 0. The predicted molar refractivity (Wildman–Crippen MR) is 49.7 cm³/mol. The smallest absolute Gasteiger partial charge is 0.313 e. The van der Waals surface area contributed by atoms with Gasteiger partial charge in [0.1, 0.15) is 0 Å². The summed E-state index contributed by atoms with van der Waals surface area (Å²) in [5, 5.41) is 9.04. The molecule has 1 N–H and O–H groups in total. The molecule has 0 aliphatic carbocycles.